The molecule has 1 aliphatic rings. The van der Waals surface area contributed by atoms with E-state index >= 15 is 0 Å². The number of nitrogens with two attached hydrogens (primary N) is 1. The van der Waals surface area contributed by atoms with E-state index in [2.05, 4.69) is 13.8 Å². The van der Waals surface area contributed by atoms with E-state index in [1.807, 2.05) is 19.1 Å². The molecule has 0 spiro atoms. The molecule has 0 bridgehead atoms. The molecule has 0 aliphatic carbocycles. The Bertz CT molecular complexity index is 574. The second kappa shape index (κ2) is 6.46. The molecule has 2 rings (SSSR count). The SMILES string of the molecule is CC(C)c1cccc(S(=O)(=O)N2CCC(C(C)N)CC2)c1. The van der Waals surface area contributed by atoms with Crippen LogP contribution in [-0.4, -0.2) is 31.9 Å². The van der Waals surface area contributed by atoms with Crippen LogP contribution in [0.4, 0.5) is 0 Å². The molecule has 4 nitrogen and oxygen atoms in total. The summed E-state index contributed by atoms with van der Waals surface area (Å²) < 4.78 is 27.1. The lowest BCUT2D eigenvalue weighted by molar-refractivity contribution is 0.250. The molecule has 1 saturated heterocycles. The molecular weight excluding hydrogens is 284 g/mol. The molecule has 1 fully saturated rings. The predicted octanol–water partition coefficient (Wildman–Crippen LogP) is 2.56. The molecule has 1 aliphatic heterocycles. The Hall–Kier alpha value is -0.910. The van der Waals surface area contributed by atoms with Crippen LogP contribution in [0.15, 0.2) is 29.2 Å². The van der Waals surface area contributed by atoms with Crippen LogP contribution in [0, 0.1) is 5.92 Å². The normalized spacial score (nSPS) is 19.9. The minimum absolute atomic E-state index is 0.138. The third-order valence-electron chi connectivity index (χ3n) is 4.40. The van der Waals surface area contributed by atoms with Gasteiger partial charge in [0.2, 0.25) is 10.0 Å². The van der Waals surface area contributed by atoms with Gasteiger partial charge in [0.25, 0.3) is 0 Å². The highest BCUT2D eigenvalue weighted by Crippen LogP contribution is 2.26. The fourth-order valence-corrected chi connectivity index (χ4v) is 4.35. The molecule has 0 aromatic heterocycles. The zero-order chi connectivity index (χ0) is 15.6. The summed E-state index contributed by atoms with van der Waals surface area (Å²) in [6.07, 6.45) is 1.70. The number of sulfonamides is 1. The number of nitrogens with zero attached hydrogens (tertiary/aromatic N) is 1. The van der Waals surface area contributed by atoms with Gasteiger partial charge < -0.3 is 5.73 Å². The standard InChI is InChI=1S/C16H26N2O2S/c1-12(2)15-5-4-6-16(11-15)21(19,20)18-9-7-14(8-10-18)13(3)17/h4-6,11-14H,7-10,17H2,1-3H3. The maximum absolute atomic E-state index is 12.7. The first-order chi connectivity index (χ1) is 9.82. The van der Waals surface area contributed by atoms with E-state index in [-0.39, 0.29) is 6.04 Å². The Labute approximate surface area is 128 Å². The number of hydrogen-bond acceptors (Lipinski definition) is 3. The number of hydrogen-bond donors (Lipinski definition) is 1. The van der Waals surface area contributed by atoms with Gasteiger partial charge in [-0.15, -0.1) is 0 Å². The Balaban J connectivity index is 2.18. The molecular formula is C16H26N2O2S. The van der Waals surface area contributed by atoms with Gasteiger partial charge in [-0.3, -0.25) is 0 Å². The summed E-state index contributed by atoms with van der Waals surface area (Å²) in [6, 6.07) is 7.44. The van der Waals surface area contributed by atoms with Crippen molar-refractivity contribution in [3.8, 4) is 0 Å². The summed E-state index contributed by atoms with van der Waals surface area (Å²) in [5, 5.41) is 0. The molecule has 1 aromatic carbocycles. The van der Waals surface area contributed by atoms with E-state index < -0.39 is 10.0 Å². The van der Waals surface area contributed by atoms with Crippen LogP contribution in [0.3, 0.4) is 0 Å². The fourth-order valence-electron chi connectivity index (χ4n) is 2.83. The van der Waals surface area contributed by atoms with E-state index in [9.17, 15) is 8.42 Å². The minimum atomic E-state index is -3.37. The Morgan fingerprint density at radius 3 is 2.33 bits per heavy atom. The van der Waals surface area contributed by atoms with Gasteiger partial charge >= 0.3 is 0 Å². The molecule has 0 saturated carbocycles. The van der Waals surface area contributed by atoms with Crippen LogP contribution in [-0.2, 0) is 10.0 Å². The molecule has 0 amide bonds. The quantitative estimate of drug-likeness (QED) is 0.929. The van der Waals surface area contributed by atoms with Crippen LogP contribution in [0.25, 0.3) is 0 Å². The van der Waals surface area contributed by atoms with Gasteiger partial charge in [-0.2, -0.15) is 4.31 Å². The van der Waals surface area contributed by atoms with E-state index in [1.165, 1.54) is 0 Å². The van der Waals surface area contributed by atoms with Gasteiger partial charge in [0.15, 0.2) is 0 Å². The van der Waals surface area contributed by atoms with E-state index in [4.69, 9.17) is 5.73 Å². The Morgan fingerprint density at radius 2 is 1.81 bits per heavy atom. The van der Waals surface area contributed by atoms with Gasteiger partial charge in [-0.05, 0) is 49.3 Å². The van der Waals surface area contributed by atoms with Crippen LogP contribution in [0.2, 0.25) is 0 Å². The highest BCUT2D eigenvalue weighted by atomic mass is 32.2. The fraction of sp³-hybridized carbons (Fsp3) is 0.625. The first-order valence-corrected chi connectivity index (χ1v) is 9.12. The molecule has 118 valence electrons. The first kappa shape index (κ1) is 16.5. The zero-order valence-electron chi connectivity index (χ0n) is 13.1. The Morgan fingerprint density at radius 1 is 1.19 bits per heavy atom. The molecule has 0 radical (unpaired) electrons. The summed E-state index contributed by atoms with van der Waals surface area (Å²) in [5.41, 5.74) is 6.97. The largest absolute Gasteiger partial charge is 0.328 e. The van der Waals surface area contributed by atoms with Crippen LogP contribution in [0.1, 0.15) is 45.1 Å². The summed E-state index contributed by atoms with van der Waals surface area (Å²) in [6.45, 7) is 7.28. The molecule has 1 heterocycles. The van der Waals surface area contributed by atoms with Gasteiger partial charge in [-0.25, -0.2) is 8.42 Å². The van der Waals surface area contributed by atoms with E-state index in [1.54, 1.807) is 16.4 Å². The number of benzene rings is 1. The van der Waals surface area contributed by atoms with E-state index in [0.717, 1.165) is 18.4 Å². The topological polar surface area (TPSA) is 63.4 Å². The maximum Gasteiger partial charge on any atom is 0.243 e. The summed E-state index contributed by atoms with van der Waals surface area (Å²) in [7, 11) is -3.37. The summed E-state index contributed by atoms with van der Waals surface area (Å²) >= 11 is 0. The van der Waals surface area contributed by atoms with Crippen molar-refractivity contribution in [2.45, 2.75) is 50.5 Å². The average Bonchev–Trinajstić information content (AvgIpc) is 2.47. The molecule has 1 unspecified atom stereocenters. The number of rotatable bonds is 4. The molecule has 5 heteroatoms. The smallest absolute Gasteiger partial charge is 0.243 e. The first-order valence-electron chi connectivity index (χ1n) is 7.68. The van der Waals surface area contributed by atoms with Crippen molar-refractivity contribution in [2.75, 3.05) is 13.1 Å². The highest BCUT2D eigenvalue weighted by molar-refractivity contribution is 7.89. The zero-order valence-corrected chi connectivity index (χ0v) is 13.9. The molecule has 21 heavy (non-hydrogen) atoms. The van der Waals surface area contributed by atoms with Crippen LogP contribution < -0.4 is 5.73 Å². The second-order valence-corrected chi connectivity index (χ2v) is 8.27. The third-order valence-corrected chi connectivity index (χ3v) is 6.30. The lowest BCUT2D eigenvalue weighted by Crippen LogP contribution is -2.42. The summed E-state index contributed by atoms with van der Waals surface area (Å²) in [5.74, 6) is 0.752. The Kier molecular flexibility index (Phi) is 5.07. The van der Waals surface area contributed by atoms with Crippen molar-refractivity contribution in [3.05, 3.63) is 29.8 Å². The van der Waals surface area contributed by atoms with Gasteiger partial charge in [0, 0.05) is 19.1 Å². The van der Waals surface area contributed by atoms with Crippen molar-refractivity contribution in [1.82, 2.24) is 4.31 Å². The van der Waals surface area contributed by atoms with E-state index in [0.29, 0.717) is 29.8 Å². The number of piperidine rings is 1. The van der Waals surface area contributed by atoms with Crippen molar-refractivity contribution >= 4 is 10.0 Å². The highest BCUT2D eigenvalue weighted by Gasteiger charge is 2.30. The second-order valence-electron chi connectivity index (χ2n) is 6.33. The molecule has 1 aromatic rings. The van der Waals surface area contributed by atoms with Crippen molar-refractivity contribution in [1.29, 1.82) is 0 Å². The van der Waals surface area contributed by atoms with Crippen LogP contribution in [0.5, 0.6) is 0 Å². The predicted molar refractivity (Wildman–Crippen MR) is 85.7 cm³/mol. The van der Waals surface area contributed by atoms with Crippen molar-refractivity contribution < 1.29 is 8.42 Å². The average molecular weight is 310 g/mol. The lowest BCUT2D eigenvalue weighted by atomic mass is 9.92. The van der Waals surface area contributed by atoms with Gasteiger partial charge in [0.05, 0.1) is 4.90 Å². The minimum Gasteiger partial charge on any atom is -0.328 e. The molecule has 1 atom stereocenters. The van der Waals surface area contributed by atoms with Crippen molar-refractivity contribution in [2.24, 2.45) is 11.7 Å². The van der Waals surface area contributed by atoms with Gasteiger partial charge in [0.1, 0.15) is 0 Å². The van der Waals surface area contributed by atoms with Crippen LogP contribution >= 0.6 is 0 Å². The van der Waals surface area contributed by atoms with Crippen molar-refractivity contribution in [3.63, 3.8) is 0 Å². The summed E-state index contributed by atoms with van der Waals surface area (Å²) in [4.78, 5) is 0.410. The monoisotopic (exact) mass is 310 g/mol. The maximum atomic E-state index is 12.7. The lowest BCUT2D eigenvalue weighted by Gasteiger charge is -2.33. The van der Waals surface area contributed by atoms with Gasteiger partial charge in [-0.1, -0.05) is 26.0 Å². The third kappa shape index (κ3) is 3.65. The molecule has 2 N–H and O–H groups in total.